The van der Waals surface area contributed by atoms with Crippen LogP contribution in [0.5, 0.6) is 17.2 Å². The van der Waals surface area contributed by atoms with Gasteiger partial charge < -0.3 is 18.9 Å². The Kier molecular flexibility index (Phi) is 6.46. The maximum absolute atomic E-state index is 5.67. The molecule has 156 valence electrons. The Morgan fingerprint density at radius 2 is 1.87 bits per heavy atom. The molecule has 0 amide bonds. The van der Waals surface area contributed by atoms with Gasteiger partial charge in [0.1, 0.15) is 19.0 Å². The fraction of sp³-hybridized carbons (Fsp3) is 0.273. The van der Waals surface area contributed by atoms with E-state index in [9.17, 15) is 0 Å². The van der Waals surface area contributed by atoms with Crippen molar-refractivity contribution in [2.45, 2.75) is 0 Å². The van der Waals surface area contributed by atoms with Gasteiger partial charge in [-0.1, -0.05) is 0 Å². The van der Waals surface area contributed by atoms with Crippen molar-refractivity contribution < 1.29 is 18.9 Å². The van der Waals surface area contributed by atoms with Gasteiger partial charge in [0, 0.05) is 18.1 Å². The van der Waals surface area contributed by atoms with Gasteiger partial charge in [-0.05, 0) is 48.0 Å². The maximum Gasteiger partial charge on any atom is 0.206 e. The third-order valence-corrected chi connectivity index (χ3v) is 5.36. The molecule has 0 N–H and O–H groups in total. The summed E-state index contributed by atoms with van der Waals surface area (Å²) < 4.78 is 23.5. The largest absolute Gasteiger partial charge is 0.497 e. The van der Waals surface area contributed by atoms with E-state index in [4.69, 9.17) is 24.0 Å². The summed E-state index contributed by atoms with van der Waals surface area (Å²) in [5.74, 6) is 2.31. The monoisotopic (exact) mass is 425 g/mol. The first-order chi connectivity index (χ1) is 14.8. The third-order valence-electron chi connectivity index (χ3n) is 4.50. The van der Waals surface area contributed by atoms with Gasteiger partial charge >= 0.3 is 0 Å². The first-order valence-electron chi connectivity index (χ1n) is 9.57. The van der Waals surface area contributed by atoms with Crippen molar-refractivity contribution in [2.24, 2.45) is 10.1 Å². The van der Waals surface area contributed by atoms with Crippen LogP contribution < -0.4 is 19.0 Å². The highest BCUT2D eigenvalue weighted by Crippen LogP contribution is 2.30. The second-order valence-corrected chi connectivity index (χ2v) is 7.30. The van der Waals surface area contributed by atoms with Crippen LogP contribution in [-0.4, -0.2) is 51.5 Å². The number of fused-ring (bicyclic) bond motifs is 1. The van der Waals surface area contributed by atoms with Crippen LogP contribution in [0.4, 0.5) is 0 Å². The van der Waals surface area contributed by atoms with Crippen LogP contribution in [0.25, 0.3) is 11.3 Å². The normalized spacial score (nSPS) is 13.7. The predicted octanol–water partition coefficient (Wildman–Crippen LogP) is 3.43. The van der Waals surface area contributed by atoms with Crippen molar-refractivity contribution in [3.63, 3.8) is 0 Å². The van der Waals surface area contributed by atoms with Gasteiger partial charge in [0.15, 0.2) is 11.5 Å². The molecule has 0 radical (unpaired) electrons. The van der Waals surface area contributed by atoms with Gasteiger partial charge in [0.25, 0.3) is 0 Å². The quantitative estimate of drug-likeness (QED) is 0.430. The molecule has 1 aliphatic rings. The number of hydrogen-bond donors (Lipinski definition) is 0. The van der Waals surface area contributed by atoms with Crippen LogP contribution in [0.3, 0.4) is 0 Å². The topological polar surface area (TPSA) is 66.6 Å². The molecule has 0 bridgehead atoms. The second kappa shape index (κ2) is 9.60. The van der Waals surface area contributed by atoms with E-state index in [0.29, 0.717) is 26.4 Å². The molecule has 2 aromatic carbocycles. The number of hydrogen-bond acceptors (Lipinski definition) is 7. The van der Waals surface area contributed by atoms with Gasteiger partial charge in [-0.3, -0.25) is 4.99 Å². The number of nitrogens with zero attached hydrogens (tertiary/aromatic N) is 3. The molecule has 0 saturated heterocycles. The molecule has 0 fully saturated rings. The minimum Gasteiger partial charge on any atom is -0.497 e. The van der Waals surface area contributed by atoms with Crippen molar-refractivity contribution in [1.29, 1.82) is 0 Å². The van der Waals surface area contributed by atoms with E-state index in [-0.39, 0.29) is 0 Å². The third kappa shape index (κ3) is 4.55. The SMILES string of the molecule is COCCN=c1scc(-c2ccc(OC)cc2)n1/N=C\c1ccc2c(c1)OCCO2. The zero-order valence-electron chi connectivity index (χ0n) is 16.9. The summed E-state index contributed by atoms with van der Waals surface area (Å²) in [5.41, 5.74) is 2.90. The van der Waals surface area contributed by atoms with E-state index in [2.05, 4.69) is 10.4 Å². The smallest absolute Gasteiger partial charge is 0.206 e. The van der Waals surface area contributed by atoms with Gasteiger partial charge in [0.2, 0.25) is 4.80 Å². The lowest BCUT2D eigenvalue weighted by Gasteiger charge is -2.18. The van der Waals surface area contributed by atoms with Crippen molar-refractivity contribution >= 4 is 17.6 Å². The molecule has 7 nitrogen and oxygen atoms in total. The zero-order chi connectivity index (χ0) is 20.8. The lowest BCUT2D eigenvalue weighted by molar-refractivity contribution is 0.171. The number of benzene rings is 2. The summed E-state index contributed by atoms with van der Waals surface area (Å²) in [4.78, 5) is 5.43. The summed E-state index contributed by atoms with van der Waals surface area (Å²) in [6.07, 6.45) is 1.80. The molecule has 0 aliphatic carbocycles. The Morgan fingerprint density at radius 3 is 2.63 bits per heavy atom. The number of methoxy groups -OCH3 is 2. The fourth-order valence-electron chi connectivity index (χ4n) is 2.98. The van der Waals surface area contributed by atoms with Crippen LogP contribution in [0.2, 0.25) is 0 Å². The predicted molar refractivity (Wildman–Crippen MR) is 117 cm³/mol. The minimum absolute atomic E-state index is 0.553. The van der Waals surface area contributed by atoms with Gasteiger partial charge in [0.05, 0.1) is 32.2 Å². The molecule has 1 aliphatic heterocycles. The molecule has 0 spiro atoms. The second-order valence-electron chi connectivity index (χ2n) is 6.47. The van der Waals surface area contributed by atoms with E-state index in [1.54, 1.807) is 31.8 Å². The summed E-state index contributed by atoms with van der Waals surface area (Å²) in [5, 5.41) is 6.77. The van der Waals surface area contributed by atoms with Crippen molar-refractivity contribution in [2.75, 3.05) is 40.6 Å². The molecule has 2 heterocycles. The van der Waals surface area contributed by atoms with E-state index in [1.807, 2.05) is 47.1 Å². The van der Waals surface area contributed by atoms with Crippen LogP contribution in [0.15, 0.2) is 57.9 Å². The molecule has 3 aromatic rings. The number of aromatic nitrogens is 1. The maximum atomic E-state index is 5.67. The molecule has 0 unspecified atom stereocenters. The summed E-state index contributed by atoms with van der Waals surface area (Å²) in [6.45, 7) is 2.25. The van der Waals surface area contributed by atoms with E-state index in [0.717, 1.165) is 38.9 Å². The van der Waals surface area contributed by atoms with Crippen LogP contribution in [-0.2, 0) is 4.74 Å². The number of thiazole rings is 1. The molecule has 0 atom stereocenters. The molecular formula is C22H23N3O4S. The minimum atomic E-state index is 0.553. The number of ether oxygens (including phenoxy) is 4. The average Bonchev–Trinajstić information content (AvgIpc) is 3.20. The molecule has 0 saturated carbocycles. The van der Waals surface area contributed by atoms with E-state index < -0.39 is 0 Å². The Labute approximate surface area is 178 Å². The molecule has 1 aromatic heterocycles. The molecular weight excluding hydrogens is 402 g/mol. The van der Waals surface area contributed by atoms with Crippen LogP contribution in [0, 0.1) is 0 Å². The Bertz CT molecular complexity index is 1090. The highest BCUT2D eigenvalue weighted by Gasteiger charge is 2.12. The van der Waals surface area contributed by atoms with Crippen molar-refractivity contribution in [3.05, 3.63) is 58.2 Å². The summed E-state index contributed by atoms with van der Waals surface area (Å²) in [6, 6.07) is 13.7. The summed E-state index contributed by atoms with van der Waals surface area (Å²) in [7, 11) is 3.32. The zero-order valence-corrected chi connectivity index (χ0v) is 17.7. The van der Waals surface area contributed by atoms with Crippen LogP contribution >= 0.6 is 11.3 Å². The lowest BCUT2D eigenvalue weighted by Crippen LogP contribution is -2.15. The average molecular weight is 426 g/mol. The Balaban J connectivity index is 1.69. The van der Waals surface area contributed by atoms with Crippen molar-refractivity contribution in [3.8, 4) is 28.5 Å². The Hall–Kier alpha value is -3.10. The molecule has 30 heavy (non-hydrogen) atoms. The number of rotatable bonds is 7. The van der Waals surface area contributed by atoms with E-state index >= 15 is 0 Å². The molecule has 8 heteroatoms. The molecule has 4 rings (SSSR count). The lowest BCUT2D eigenvalue weighted by atomic mass is 10.2. The van der Waals surface area contributed by atoms with Crippen molar-refractivity contribution in [1.82, 2.24) is 4.68 Å². The first kappa shape index (κ1) is 20.2. The fourth-order valence-corrected chi connectivity index (χ4v) is 3.84. The van der Waals surface area contributed by atoms with E-state index in [1.165, 1.54) is 0 Å². The van der Waals surface area contributed by atoms with Crippen LogP contribution in [0.1, 0.15) is 5.56 Å². The standard InChI is InChI=1S/C22H23N3O4S/c1-26-10-9-23-22-25(19(15-30-22)17-4-6-18(27-2)7-5-17)24-14-16-3-8-20-21(13-16)29-12-11-28-20/h3-8,13-15H,9-12H2,1-2H3/b23-22?,24-14-. The van der Waals surface area contributed by atoms with Gasteiger partial charge in [-0.15, -0.1) is 11.3 Å². The highest BCUT2D eigenvalue weighted by atomic mass is 32.1. The summed E-state index contributed by atoms with van der Waals surface area (Å²) >= 11 is 1.54. The highest BCUT2D eigenvalue weighted by molar-refractivity contribution is 7.07. The van der Waals surface area contributed by atoms with Gasteiger partial charge in [-0.2, -0.15) is 5.10 Å². The Morgan fingerprint density at radius 1 is 1.07 bits per heavy atom. The van der Waals surface area contributed by atoms with Gasteiger partial charge in [-0.25, -0.2) is 4.68 Å². The first-order valence-corrected chi connectivity index (χ1v) is 10.4.